The van der Waals surface area contributed by atoms with Crippen LogP contribution in [0.15, 0.2) is 0 Å². The average molecular weight is 230 g/mol. The van der Waals surface area contributed by atoms with Gasteiger partial charge in [-0.2, -0.15) is 0 Å². The summed E-state index contributed by atoms with van der Waals surface area (Å²) in [5, 5.41) is 15.4. The maximum atomic E-state index is 11.6. The number of amides is 1. The predicted molar refractivity (Wildman–Crippen MR) is 66.3 cm³/mol. The van der Waals surface area contributed by atoms with E-state index in [1.807, 2.05) is 27.7 Å². The zero-order valence-electron chi connectivity index (χ0n) is 10.9. The first kappa shape index (κ1) is 15.4. The molecule has 0 aromatic carbocycles. The molecule has 4 heteroatoms. The second-order valence-electron chi connectivity index (χ2n) is 4.34. The van der Waals surface area contributed by atoms with Crippen molar-refractivity contribution in [1.29, 1.82) is 0 Å². The Morgan fingerprint density at radius 2 is 1.88 bits per heavy atom. The molecule has 0 fully saturated rings. The minimum absolute atomic E-state index is 0.0281. The molecule has 0 rings (SSSR count). The van der Waals surface area contributed by atoms with Crippen LogP contribution in [-0.2, 0) is 4.79 Å². The Morgan fingerprint density at radius 3 is 2.38 bits per heavy atom. The van der Waals surface area contributed by atoms with Gasteiger partial charge in [0.05, 0.1) is 12.1 Å². The lowest BCUT2D eigenvalue weighted by molar-refractivity contribution is -0.123. The van der Waals surface area contributed by atoms with Crippen LogP contribution in [0.1, 0.15) is 47.0 Å². The van der Waals surface area contributed by atoms with Gasteiger partial charge in [0.2, 0.25) is 5.91 Å². The van der Waals surface area contributed by atoms with E-state index in [1.165, 1.54) is 0 Å². The van der Waals surface area contributed by atoms with E-state index in [1.54, 1.807) is 0 Å². The first-order valence-electron chi connectivity index (χ1n) is 6.23. The molecule has 1 amide bonds. The third kappa shape index (κ3) is 6.80. The normalized spacial score (nSPS) is 16.6. The van der Waals surface area contributed by atoms with Gasteiger partial charge in [0.1, 0.15) is 0 Å². The van der Waals surface area contributed by atoms with Gasteiger partial charge >= 0.3 is 0 Å². The fraction of sp³-hybridized carbons (Fsp3) is 0.917. The van der Waals surface area contributed by atoms with Crippen LogP contribution in [0.5, 0.6) is 0 Å². The van der Waals surface area contributed by atoms with Crippen LogP contribution < -0.4 is 10.6 Å². The highest BCUT2D eigenvalue weighted by atomic mass is 16.3. The fourth-order valence-electron chi connectivity index (χ4n) is 1.23. The minimum Gasteiger partial charge on any atom is -0.393 e. The summed E-state index contributed by atoms with van der Waals surface area (Å²) < 4.78 is 0. The standard InChI is InChI=1S/C12H26N2O2/c1-5-9(3)14-12(16)10(4)13-8-7-11(15)6-2/h9-11,13,15H,5-8H2,1-4H3,(H,14,16). The third-order valence-electron chi connectivity index (χ3n) is 2.79. The van der Waals surface area contributed by atoms with Crippen LogP contribution >= 0.6 is 0 Å². The first-order chi connectivity index (χ1) is 7.51. The summed E-state index contributed by atoms with van der Waals surface area (Å²) in [5.41, 5.74) is 0. The van der Waals surface area contributed by atoms with Gasteiger partial charge in [0, 0.05) is 6.04 Å². The Morgan fingerprint density at radius 1 is 1.25 bits per heavy atom. The topological polar surface area (TPSA) is 61.4 Å². The number of carbonyl (C=O) groups is 1. The van der Waals surface area contributed by atoms with Crippen molar-refractivity contribution >= 4 is 5.91 Å². The molecule has 0 aliphatic rings. The number of carbonyl (C=O) groups excluding carboxylic acids is 1. The van der Waals surface area contributed by atoms with E-state index in [2.05, 4.69) is 10.6 Å². The largest absolute Gasteiger partial charge is 0.393 e. The van der Waals surface area contributed by atoms with E-state index >= 15 is 0 Å². The van der Waals surface area contributed by atoms with Crippen LogP contribution in [-0.4, -0.2) is 35.7 Å². The van der Waals surface area contributed by atoms with Gasteiger partial charge in [-0.3, -0.25) is 4.79 Å². The second-order valence-corrected chi connectivity index (χ2v) is 4.34. The van der Waals surface area contributed by atoms with E-state index in [0.717, 1.165) is 12.8 Å². The fourth-order valence-corrected chi connectivity index (χ4v) is 1.23. The molecule has 0 aliphatic heterocycles. The molecule has 3 unspecified atom stereocenters. The zero-order chi connectivity index (χ0) is 12.6. The Labute approximate surface area is 98.8 Å². The van der Waals surface area contributed by atoms with Crippen LogP contribution in [0.3, 0.4) is 0 Å². The third-order valence-corrected chi connectivity index (χ3v) is 2.79. The smallest absolute Gasteiger partial charge is 0.237 e. The van der Waals surface area contributed by atoms with Gasteiger partial charge in [-0.1, -0.05) is 13.8 Å². The summed E-state index contributed by atoms with van der Waals surface area (Å²) in [6.45, 7) is 8.50. The van der Waals surface area contributed by atoms with Gasteiger partial charge in [0.15, 0.2) is 0 Å². The van der Waals surface area contributed by atoms with Gasteiger partial charge in [0.25, 0.3) is 0 Å². The van der Waals surface area contributed by atoms with E-state index < -0.39 is 0 Å². The molecule has 3 N–H and O–H groups in total. The van der Waals surface area contributed by atoms with Crippen molar-refractivity contribution < 1.29 is 9.90 Å². The van der Waals surface area contributed by atoms with E-state index in [4.69, 9.17) is 0 Å². The molecule has 96 valence electrons. The summed E-state index contributed by atoms with van der Waals surface area (Å²) in [4.78, 5) is 11.6. The lowest BCUT2D eigenvalue weighted by Gasteiger charge is -2.18. The summed E-state index contributed by atoms with van der Waals surface area (Å²) >= 11 is 0. The number of nitrogens with one attached hydrogen (secondary N) is 2. The van der Waals surface area contributed by atoms with E-state index in [-0.39, 0.29) is 24.1 Å². The number of aliphatic hydroxyl groups is 1. The molecule has 16 heavy (non-hydrogen) atoms. The molecule has 3 atom stereocenters. The lowest BCUT2D eigenvalue weighted by atomic mass is 10.2. The van der Waals surface area contributed by atoms with Crippen molar-refractivity contribution in [1.82, 2.24) is 10.6 Å². The Kier molecular flexibility index (Phi) is 8.21. The summed E-state index contributed by atoms with van der Waals surface area (Å²) in [6, 6.07) is 0.0241. The van der Waals surface area contributed by atoms with Crippen molar-refractivity contribution in [3.8, 4) is 0 Å². The lowest BCUT2D eigenvalue weighted by Crippen LogP contribution is -2.45. The summed E-state index contributed by atoms with van der Waals surface area (Å²) in [6.07, 6.45) is 2.12. The average Bonchev–Trinajstić information content (AvgIpc) is 2.28. The van der Waals surface area contributed by atoms with E-state index in [0.29, 0.717) is 13.0 Å². The second kappa shape index (κ2) is 8.53. The molecular formula is C12H26N2O2. The van der Waals surface area contributed by atoms with E-state index in [9.17, 15) is 9.90 Å². The molecule has 0 bridgehead atoms. The molecule has 0 aromatic rings. The number of rotatable bonds is 8. The quantitative estimate of drug-likeness (QED) is 0.584. The molecule has 0 saturated heterocycles. The first-order valence-corrected chi connectivity index (χ1v) is 6.23. The molecule has 0 saturated carbocycles. The highest BCUT2D eigenvalue weighted by Crippen LogP contribution is 1.96. The molecular weight excluding hydrogens is 204 g/mol. The number of hydrogen-bond donors (Lipinski definition) is 3. The highest BCUT2D eigenvalue weighted by molar-refractivity contribution is 5.81. The summed E-state index contributed by atoms with van der Waals surface area (Å²) in [5.74, 6) is 0.0281. The maximum absolute atomic E-state index is 11.6. The molecule has 0 radical (unpaired) electrons. The Balaban J connectivity index is 3.71. The van der Waals surface area contributed by atoms with Crippen LogP contribution in [0, 0.1) is 0 Å². The van der Waals surface area contributed by atoms with Crippen LogP contribution in [0.4, 0.5) is 0 Å². The predicted octanol–water partition coefficient (Wildman–Crippen LogP) is 1.04. The SMILES string of the molecule is CCC(O)CCNC(C)C(=O)NC(C)CC. The highest BCUT2D eigenvalue weighted by Gasteiger charge is 2.13. The Hall–Kier alpha value is -0.610. The number of aliphatic hydroxyl groups excluding tert-OH is 1. The van der Waals surface area contributed by atoms with Gasteiger partial charge in [-0.05, 0) is 39.7 Å². The van der Waals surface area contributed by atoms with Crippen LogP contribution in [0.2, 0.25) is 0 Å². The summed E-state index contributed by atoms with van der Waals surface area (Å²) in [7, 11) is 0. The molecule has 0 aliphatic carbocycles. The molecule has 0 spiro atoms. The van der Waals surface area contributed by atoms with Crippen molar-refractivity contribution in [2.45, 2.75) is 65.1 Å². The number of hydrogen-bond acceptors (Lipinski definition) is 3. The van der Waals surface area contributed by atoms with Gasteiger partial charge in [-0.15, -0.1) is 0 Å². The van der Waals surface area contributed by atoms with Crippen molar-refractivity contribution in [2.75, 3.05) is 6.54 Å². The van der Waals surface area contributed by atoms with Crippen molar-refractivity contribution in [2.24, 2.45) is 0 Å². The molecule has 4 nitrogen and oxygen atoms in total. The maximum Gasteiger partial charge on any atom is 0.237 e. The molecule has 0 heterocycles. The van der Waals surface area contributed by atoms with Crippen molar-refractivity contribution in [3.63, 3.8) is 0 Å². The Bertz CT molecular complexity index is 197. The minimum atomic E-state index is -0.266. The van der Waals surface area contributed by atoms with Gasteiger partial charge < -0.3 is 15.7 Å². The molecule has 0 aromatic heterocycles. The van der Waals surface area contributed by atoms with Gasteiger partial charge in [-0.25, -0.2) is 0 Å². The van der Waals surface area contributed by atoms with Crippen molar-refractivity contribution in [3.05, 3.63) is 0 Å². The van der Waals surface area contributed by atoms with Crippen LogP contribution in [0.25, 0.3) is 0 Å². The zero-order valence-corrected chi connectivity index (χ0v) is 10.9. The monoisotopic (exact) mass is 230 g/mol.